The third-order valence-corrected chi connectivity index (χ3v) is 2.82. The van der Waals surface area contributed by atoms with Gasteiger partial charge in [-0.3, -0.25) is 0 Å². The van der Waals surface area contributed by atoms with Crippen molar-refractivity contribution >= 4 is 23.3 Å². The van der Waals surface area contributed by atoms with Crippen LogP contribution in [0.1, 0.15) is 12.7 Å². The fourth-order valence-electron chi connectivity index (χ4n) is 0.544. The third kappa shape index (κ3) is 2.52. The second kappa shape index (κ2) is 4.37. The molecule has 0 aliphatic heterocycles. The molecule has 1 aromatic rings. The molecule has 2 nitrogen and oxygen atoms in total. The highest BCUT2D eigenvalue weighted by atomic mass is 32.2. The van der Waals surface area contributed by atoms with Crippen LogP contribution >= 0.6 is 23.3 Å². The summed E-state index contributed by atoms with van der Waals surface area (Å²) in [6.45, 7) is 2.04. The van der Waals surface area contributed by atoms with E-state index in [1.54, 1.807) is 11.8 Å². The first-order valence-electron chi connectivity index (χ1n) is 3.25. The molecule has 0 radical (unpaired) electrons. The first-order chi connectivity index (χ1) is 5.36. The topological polar surface area (TPSA) is 25.8 Å². The molecule has 0 aliphatic carbocycles. The van der Waals surface area contributed by atoms with Gasteiger partial charge in [-0.15, -0.1) is 6.42 Å². The average molecular weight is 184 g/mol. The molecule has 0 saturated carbocycles. The van der Waals surface area contributed by atoms with Gasteiger partial charge in [-0.25, -0.2) is 4.98 Å². The normalized spacial score (nSPS) is 9.45. The van der Waals surface area contributed by atoms with E-state index in [0.717, 1.165) is 16.6 Å². The van der Waals surface area contributed by atoms with Gasteiger partial charge in [0.25, 0.3) is 0 Å². The van der Waals surface area contributed by atoms with E-state index in [1.165, 1.54) is 11.5 Å². The zero-order valence-electron chi connectivity index (χ0n) is 6.20. The van der Waals surface area contributed by atoms with Gasteiger partial charge in [0.05, 0.1) is 5.75 Å². The Hall–Kier alpha value is -0.530. The highest BCUT2D eigenvalue weighted by Gasteiger charge is 2.00. The SMILES string of the molecule is C#CCSc1nc(CC)ns1. The van der Waals surface area contributed by atoms with E-state index in [4.69, 9.17) is 6.42 Å². The molecule has 0 atom stereocenters. The summed E-state index contributed by atoms with van der Waals surface area (Å²) >= 11 is 2.99. The monoisotopic (exact) mass is 184 g/mol. The van der Waals surface area contributed by atoms with Crippen LogP contribution < -0.4 is 0 Å². The van der Waals surface area contributed by atoms with E-state index in [-0.39, 0.29) is 0 Å². The molecule has 0 bridgehead atoms. The number of rotatable bonds is 3. The maximum atomic E-state index is 5.10. The van der Waals surface area contributed by atoms with Crippen LogP contribution in [-0.4, -0.2) is 15.1 Å². The number of aromatic nitrogens is 2. The Balaban J connectivity index is 2.53. The van der Waals surface area contributed by atoms with Crippen molar-refractivity contribution in [1.82, 2.24) is 9.36 Å². The lowest BCUT2D eigenvalue weighted by Crippen LogP contribution is -1.81. The van der Waals surface area contributed by atoms with Crippen molar-refractivity contribution in [3.63, 3.8) is 0 Å². The van der Waals surface area contributed by atoms with Gasteiger partial charge >= 0.3 is 0 Å². The highest BCUT2D eigenvalue weighted by molar-refractivity contribution is 8.01. The lowest BCUT2D eigenvalue weighted by atomic mass is 10.5. The molecule has 0 fully saturated rings. The van der Waals surface area contributed by atoms with Crippen LogP contribution in [0.5, 0.6) is 0 Å². The zero-order chi connectivity index (χ0) is 8.10. The number of thioether (sulfide) groups is 1. The molecule has 0 amide bonds. The predicted octanol–water partition coefficient (Wildman–Crippen LogP) is 1.83. The molecule has 1 heterocycles. The van der Waals surface area contributed by atoms with E-state index in [9.17, 15) is 0 Å². The minimum absolute atomic E-state index is 0.679. The Morgan fingerprint density at radius 1 is 1.73 bits per heavy atom. The number of terminal acetylenes is 1. The van der Waals surface area contributed by atoms with E-state index in [0.29, 0.717) is 5.75 Å². The van der Waals surface area contributed by atoms with Crippen molar-refractivity contribution in [2.75, 3.05) is 5.75 Å². The van der Waals surface area contributed by atoms with Gasteiger partial charge in [0.2, 0.25) is 0 Å². The molecular formula is C7H8N2S2. The summed E-state index contributed by atoms with van der Waals surface area (Å²) in [6.07, 6.45) is 6.00. The van der Waals surface area contributed by atoms with Crippen LogP contribution in [0.4, 0.5) is 0 Å². The third-order valence-electron chi connectivity index (χ3n) is 1.04. The standard InChI is InChI=1S/C7H8N2S2/c1-3-5-10-7-8-6(4-2)9-11-7/h1H,4-5H2,2H3. The second-order valence-corrected chi connectivity index (χ2v) is 3.80. The summed E-state index contributed by atoms with van der Waals surface area (Å²) < 4.78 is 5.10. The molecule has 11 heavy (non-hydrogen) atoms. The van der Waals surface area contributed by atoms with Gasteiger partial charge in [0.15, 0.2) is 4.34 Å². The molecule has 0 aromatic carbocycles. The van der Waals surface area contributed by atoms with Crippen molar-refractivity contribution < 1.29 is 0 Å². The van der Waals surface area contributed by atoms with Crippen molar-refractivity contribution in [3.8, 4) is 12.3 Å². The van der Waals surface area contributed by atoms with Crippen LogP contribution in [0.3, 0.4) is 0 Å². The Bertz CT molecular complexity index is 262. The summed E-state index contributed by atoms with van der Waals surface area (Å²) in [5.74, 6) is 4.14. The first kappa shape index (κ1) is 8.57. The summed E-state index contributed by atoms with van der Waals surface area (Å²) in [5.41, 5.74) is 0. The fraction of sp³-hybridized carbons (Fsp3) is 0.429. The average Bonchev–Trinajstić information content (AvgIpc) is 2.48. The molecule has 1 rings (SSSR count). The van der Waals surface area contributed by atoms with Crippen LogP contribution in [0.2, 0.25) is 0 Å². The molecule has 4 heteroatoms. The quantitative estimate of drug-likeness (QED) is 0.529. The van der Waals surface area contributed by atoms with Crippen LogP contribution in [0.15, 0.2) is 4.34 Å². The lowest BCUT2D eigenvalue weighted by Gasteiger charge is -1.84. The fourth-order valence-corrected chi connectivity index (χ4v) is 1.92. The summed E-state index contributed by atoms with van der Waals surface area (Å²) in [5, 5.41) is 0. The van der Waals surface area contributed by atoms with E-state index in [2.05, 4.69) is 15.3 Å². The number of hydrogen-bond donors (Lipinski definition) is 0. The van der Waals surface area contributed by atoms with E-state index >= 15 is 0 Å². The van der Waals surface area contributed by atoms with Crippen LogP contribution in [-0.2, 0) is 6.42 Å². The van der Waals surface area contributed by atoms with Gasteiger partial charge in [0.1, 0.15) is 5.82 Å². The molecular weight excluding hydrogens is 176 g/mol. The van der Waals surface area contributed by atoms with E-state index < -0.39 is 0 Å². The Labute approximate surface area is 74.6 Å². The highest BCUT2D eigenvalue weighted by Crippen LogP contribution is 2.19. The van der Waals surface area contributed by atoms with Gasteiger partial charge in [0, 0.05) is 6.42 Å². The largest absolute Gasteiger partial charge is 0.213 e. The molecule has 0 aliphatic rings. The first-order valence-corrected chi connectivity index (χ1v) is 5.01. The van der Waals surface area contributed by atoms with Crippen molar-refractivity contribution in [2.45, 2.75) is 17.7 Å². The van der Waals surface area contributed by atoms with Crippen molar-refractivity contribution in [1.29, 1.82) is 0 Å². The van der Waals surface area contributed by atoms with Crippen molar-refractivity contribution in [3.05, 3.63) is 5.82 Å². The number of hydrogen-bond acceptors (Lipinski definition) is 4. The smallest absolute Gasteiger partial charge is 0.171 e. The Kier molecular flexibility index (Phi) is 3.40. The van der Waals surface area contributed by atoms with E-state index in [1.807, 2.05) is 6.92 Å². The summed E-state index contributed by atoms with van der Waals surface area (Å²) in [6, 6.07) is 0. The van der Waals surface area contributed by atoms with Gasteiger partial charge in [-0.05, 0) is 11.5 Å². The molecule has 1 aromatic heterocycles. The molecule has 0 N–H and O–H groups in total. The minimum Gasteiger partial charge on any atom is -0.213 e. The summed E-state index contributed by atoms with van der Waals surface area (Å²) in [7, 11) is 0. The van der Waals surface area contributed by atoms with Gasteiger partial charge < -0.3 is 0 Å². The second-order valence-electron chi connectivity index (χ2n) is 1.82. The van der Waals surface area contributed by atoms with Crippen LogP contribution in [0.25, 0.3) is 0 Å². The van der Waals surface area contributed by atoms with Gasteiger partial charge in [-0.1, -0.05) is 24.6 Å². The summed E-state index contributed by atoms with van der Waals surface area (Å²) in [4.78, 5) is 4.24. The minimum atomic E-state index is 0.679. The van der Waals surface area contributed by atoms with Gasteiger partial charge in [-0.2, -0.15) is 4.37 Å². The molecule has 58 valence electrons. The molecule has 0 saturated heterocycles. The predicted molar refractivity (Wildman–Crippen MR) is 48.8 cm³/mol. The lowest BCUT2D eigenvalue weighted by molar-refractivity contribution is 0.972. The maximum Gasteiger partial charge on any atom is 0.171 e. The Morgan fingerprint density at radius 2 is 2.55 bits per heavy atom. The maximum absolute atomic E-state index is 5.10. The zero-order valence-corrected chi connectivity index (χ0v) is 7.84. The molecule has 0 spiro atoms. The Morgan fingerprint density at radius 3 is 3.09 bits per heavy atom. The molecule has 0 unspecified atom stereocenters. The van der Waals surface area contributed by atoms with Crippen molar-refractivity contribution in [2.24, 2.45) is 0 Å². The number of nitrogens with zero attached hydrogens (tertiary/aromatic N) is 2. The van der Waals surface area contributed by atoms with Crippen LogP contribution in [0, 0.1) is 12.3 Å². The number of aryl methyl sites for hydroxylation is 1.